The lowest BCUT2D eigenvalue weighted by Crippen LogP contribution is -2.06. The van der Waals surface area contributed by atoms with E-state index in [1.54, 1.807) is 18.5 Å². The third-order valence-electron chi connectivity index (χ3n) is 2.15. The Morgan fingerprint density at radius 1 is 1.36 bits per heavy atom. The molecule has 14 heavy (non-hydrogen) atoms. The molecule has 68 valence electrons. The lowest BCUT2D eigenvalue weighted by molar-refractivity contribution is -0.383. The minimum absolute atomic E-state index is 0.141. The van der Waals surface area contributed by atoms with Crippen LogP contribution in [0.4, 0.5) is 5.69 Å². The Balaban J connectivity index is 2.91. The molecule has 0 saturated heterocycles. The normalized spacial score (nSPS) is 10.3. The SMILES string of the molecule is Bc1cncc2cccc([N+](=O)[O-])c12. The van der Waals surface area contributed by atoms with Gasteiger partial charge in [0.15, 0.2) is 0 Å². The van der Waals surface area contributed by atoms with E-state index in [0.29, 0.717) is 5.39 Å². The number of nitro groups is 1. The number of hydrogen-bond acceptors (Lipinski definition) is 3. The largest absolute Gasteiger partial charge is 0.276 e. The summed E-state index contributed by atoms with van der Waals surface area (Å²) in [7, 11) is 1.82. The van der Waals surface area contributed by atoms with E-state index in [1.807, 2.05) is 13.9 Å². The second kappa shape index (κ2) is 3.10. The monoisotopic (exact) mass is 186 g/mol. The lowest BCUT2D eigenvalue weighted by atomic mass is 9.92. The number of non-ortho nitro benzene ring substituents is 1. The molecule has 0 fully saturated rings. The molecule has 0 spiro atoms. The zero-order valence-corrected chi connectivity index (χ0v) is 7.60. The third kappa shape index (κ3) is 1.23. The summed E-state index contributed by atoms with van der Waals surface area (Å²) in [6, 6.07) is 5.00. The van der Waals surface area contributed by atoms with Crippen LogP contribution >= 0.6 is 0 Å². The fourth-order valence-electron chi connectivity index (χ4n) is 1.54. The van der Waals surface area contributed by atoms with Crippen molar-refractivity contribution in [2.45, 2.75) is 0 Å². The van der Waals surface area contributed by atoms with E-state index in [9.17, 15) is 10.1 Å². The van der Waals surface area contributed by atoms with E-state index in [4.69, 9.17) is 0 Å². The van der Waals surface area contributed by atoms with Gasteiger partial charge in [-0.2, -0.15) is 0 Å². The van der Waals surface area contributed by atoms with Crippen molar-refractivity contribution in [2.24, 2.45) is 0 Å². The van der Waals surface area contributed by atoms with Crippen molar-refractivity contribution < 1.29 is 4.92 Å². The summed E-state index contributed by atoms with van der Waals surface area (Å²) in [5.74, 6) is 0. The van der Waals surface area contributed by atoms with Gasteiger partial charge < -0.3 is 0 Å². The Kier molecular flexibility index (Phi) is 1.92. The van der Waals surface area contributed by atoms with Gasteiger partial charge in [0, 0.05) is 23.8 Å². The zero-order chi connectivity index (χ0) is 10.1. The Morgan fingerprint density at radius 2 is 2.14 bits per heavy atom. The average Bonchev–Trinajstić information content (AvgIpc) is 2.17. The standard InChI is InChI=1S/C9H7BN2O2/c10-7-5-11-4-6-2-1-3-8(9(6)7)12(13)14/h1-5H,10H2. The minimum Gasteiger partial charge on any atom is -0.265 e. The number of rotatable bonds is 1. The van der Waals surface area contributed by atoms with Gasteiger partial charge in [-0.15, -0.1) is 0 Å². The molecule has 1 heterocycles. The number of hydrogen-bond donors (Lipinski definition) is 0. The maximum atomic E-state index is 10.8. The van der Waals surface area contributed by atoms with Crippen molar-refractivity contribution >= 4 is 29.8 Å². The summed E-state index contributed by atoms with van der Waals surface area (Å²) in [5.41, 5.74) is 0.970. The van der Waals surface area contributed by atoms with Crippen LogP contribution in [0.15, 0.2) is 30.6 Å². The van der Waals surface area contributed by atoms with Crippen molar-refractivity contribution in [1.82, 2.24) is 4.98 Å². The van der Waals surface area contributed by atoms with E-state index in [-0.39, 0.29) is 10.6 Å². The van der Waals surface area contributed by atoms with Gasteiger partial charge in [0.2, 0.25) is 0 Å². The van der Waals surface area contributed by atoms with Crippen LogP contribution in [0, 0.1) is 10.1 Å². The first kappa shape index (κ1) is 8.68. The highest BCUT2D eigenvalue weighted by atomic mass is 16.6. The third-order valence-corrected chi connectivity index (χ3v) is 2.15. The Morgan fingerprint density at radius 3 is 2.86 bits per heavy atom. The summed E-state index contributed by atoms with van der Waals surface area (Å²) in [5, 5.41) is 12.2. The molecule has 1 aromatic carbocycles. The number of aromatic nitrogens is 1. The van der Waals surface area contributed by atoms with Gasteiger partial charge in [0.1, 0.15) is 7.85 Å². The molecule has 0 aliphatic heterocycles. The quantitative estimate of drug-likeness (QED) is 0.368. The van der Waals surface area contributed by atoms with Gasteiger partial charge in [-0.25, -0.2) is 0 Å². The number of pyridine rings is 1. The molecule has 0 aliphatic rings. The van der Waals surface area contributed by atoms with Crippen LogP contribution in [0.25, 0.3) is 10.8 Å². The van der Waals surface area contributed by atoms with E-state index >= 15 is 0 Å². The molecule has 5 heteroatoms. The van der Waals surface area contributed by atoms with E-state index in [2.05, 4.69) is 4.98 Å². The summed E-state index contributed by atoms with van der Waals surface area (Å²) in [4.78, 5) is 14.4. The number of nitro benzene ring substituents is 1. The fraction of sp³-hybridized carbons (Fsp3) is 0. The van der Waals surface area contributed by atoms with Crippen molar-refractivity contribution in [1.29, 1.82) is 0 Å². The molecule has 4 nitrogen and oxygen atoms in total. The van der Waals surface area contributed by atoms with E-state index in [1.165, 1.54) is 6.07 Å². The highest BCUT2D eigenvalue weighted by molar-refractivity contribution is 6.39. The van der Waals surface area contributed by atoms with Crippen molar-refractivity contribution in [3.63, 3.8) is 0 Å². The zero-order valence-electron chi connectivity index (χ0n) is 7.60. The number of benzene rings is 1. The maximum Gasteiger partial charge on any atom is 0.276 e. The molecule has 0 saturated carbocycles. The summed E-state index contributed by atoms with van der Waals surface area (Å²) >= 11 is 0. The predicted molar refractivity (Wildman–Crippen MR) is 56.6 cm³/mol. The number of nitrogens with zero attached hydrogens (tertiary/aromatic N) is 2. The molecule has 0 bridgehead atoms. The van der Waals surface area contributed by atoms with Gasteiger partial charge >= 0.3 is 0 Å². The molecule has 2 aromatic rings. The Hall–Kier alpha value is -1.91. The minimum atomic E-state index is -0.366. The van der Waals surface area contributed by atoms with Gasteiger partial charge in [-0.3, -0.25) is 15.1 Å². The van der Waals surface area contributed by atoms with Gasteiger partial charge in [0.25, 0.3) is 5.69 Å². The molecule has 2 rings (SSSR count). The van der Waals surface area contributed by atoms with Gasteiger partial charge in [-0.05, 0) is 0 Å². The molecule has 0 aliphatic carbocycles. The van der Waals surface area contributed by atoms with Crippen LogP contribution < -0.4 is 5.46 Å². The van der Waals surface area contributed by atoms with Crippen LogP contribution in [-0.2, 0) is 0 Å². The maximum absolute atomic E-state index is 10.8. The summed E-state index contributed by atoms with van der Waals surface area (Å²) in [6.07, 6.45) is 3.27. The highest BCUT2D eigenvalue weighted by Crippen LogP contribution is 2.21. The van der Waals surface area contributed by atoms with Crippen LogP contribution in [0.2, 0.25) is 0 Å². The van der Waals surface area contributed by atoms with E-state index < -0.39 is 0 Å². The fourth-order valence-corrected chi connectivity index (χ4v) is 1.54. The molecular weight excluding hydrogens is 179 g/mol. The molecule has 0 amide bonds. The Bertz CT molecular complexity index is 508. The first-order valence-corrected chi connectivity index (χ1v) is 4.18. The number of fused-ring (bicyclic) bond motifs is 1. The molecule has 1 aromatic heterocycles. The first-order chi connectivity index (χ1) is 6.70. The second-order valence-electron chi connectivity index (χ2n) is 3.09. The van der Waals surface area contributed by atoms with Crippen LogP contribution in [0.5, 0.6) is 0 Å². The first-order valence-electron chi connectivity index (χ1n) is 4.18. The Labute approximate surface area is 81.1 Å². The summed E-state index contributed by atoms with van der Waals surface area (Å²) < 4.78 is 0. The molecule has 0 atom stereocenters. The lowest BCUT2D eigenvalue weighted by Gasteiger charge is -2.01. The molecular formula is C9H7BN2O2. The topological polar surface area (TPSA) is 56.0 Å². The molecule has 0 radical (unpaired) electrons. The highest BCUT2D eigenvalue weighted by Gasteiger charge is 2.12. The van der Waals surface area contributed by atoms with Crippen molar-refractivity contribution in [3.8, 4) is 0 Å². The van der Waals surface area contributed by atoms with Gasteiger partial charge in [-0.1, -0.05) is 17.6 Å². The van der Waals surface area contributed by atoms with Crippen LogP contribution in [0.1, 0.15) is 0 Å². The average molecular weight is 186 g/mol. The van der Waals surface area contributed by atoms with Crippen LogP contribution in [0.3, 0.4) is 0 Å². The van der Waals surface area contributed by atoms with Crippen molar-refractivity contribution in [2.75, 3.05) is 0 Å². The van der Waals surface area contributed by atoms with E-state index in [0.717, 1.165) is 10.8 Å². The van der Waals surface area contributed by atoms with Gasteiger partial charge in [0.05, 0.1) is 10.3 Å². The molecule has 0 N–H and O–H groups in total. The van der Waals surface area contributed by atoms with Crippen molar-refractivity contribution in [3.05, 3.63) is 40.7 Å². The smallest absolute Gasteiger partial charge is 0.265 e. The molecule has 0 unspecified atom stereocenters. The predicted octanol–water partition coefficient (Wildman–Crippen LogP) is 0.401. The summed E-state index contributed by atoms with van der Waals surface area (Å²) in [6.45, 7) is 0. The van der Waals surface area contributed by atoms with Crippen LogP contribution in [-0.4, -0.2) is 17.8 Å². The second-order valence-corrected chi connectivity index (χ2v) is 3.09.